The number of aliphatic hydroxyl groups excluding tert-OH is 1. The quantitative estimate of drug-likeness (QED) is 0.234. The number of carbonyl (C=O) groups excluding carboxylic acids is 3. The molecule has 1 aromatic carbocycles. The van der Waals surface area contributed by atoms with Gasteiger partial charge in [-0.25, -0.2) is 0 Å². The molecular weight excluding hydrogens is 346 g/mol. The second-order valence-electron chi connectivity index (χ2n) is 6.72. The highest BCUT2D eigenvalue weighted by Gasteiger charge is 2.30. The molecule has 1 aromatic rings. The molecule has 7 heteroatoms. The van der Waals surface area contributed by atoms with Crippen LogP contribution in [0.2, 0.25) is 0 Å². The predicted molar refractivity (Wildman–Crippen MR) is 102 cm³/mol. The lowest BCUT2D eigenvalue weighted by Crippen LogP contribution is -2.47. The van der Waals surface area contributed by atoms with E-state index in [0.717, 1.165) is 18.4 Å². The third kappa shape index (κ3) is 6.77. The number of nitrogens with zero attached hydrogens (tertiary/aromatic N) is 1. The first kappa shape index (κ1) is 21.1. The second kappa shape index (κ2) is 10.8. The minimum Gasteiger partial charge on any atom is -0.379 e. The van der Waals surface area contributed by atoms with Crippen molar-refractivity contribution in [3.05, 3.63) is 35.4 Å². The highest BCUT2D eigenvalue weighted by molar-refractivity contribution is 6.07. The van der Waals surface area contributed by atoms with Crippen LogP contribution in [0.15, 0.2) is 24.3 Å². The number of carbonyl (C=O) groups is 3. The Kier molecular flexibility index (Phi) is 8.42. The summed E-state index contributed by atoms with van der Waals surface area (Å²) in [4.78, 5) is 36.4. The summed E-state index contributed by atoms with van der Waals surface area (Å²) in [7, 11) is 0. The molecule has 148 valence electrons. The van der Waals surface area contributed by atoms with E-state index in [1.54, 1.807) is 12.1 Å². The summed E-state index contributed by atoms with van der Waals surface area (Å²) in [6.45, 7) is 3.73. The summed E-state index contributed by atoms with van der Waals surface area (Å²) in [6.07, 6.45) is 3.14. The summed E-state index contributed by atoms with van der Waals surface area (Å²) in [5, 5.41) is 15.3. The predicted octanol–water partition coefficient (Wildman–Crippen LogP) is 1.21. The molecule has 0 aliphatic carbocycles. The Morgan fingerprint density at radius 3 is 2.56 bits per heavy atom. The van der Waals surface area contributed by atoms with Gasteiger partial charge in [-0.2, -0.15) is 0 Å². The van der Waals surface area contributed by atoms with Crippen LogP contribution >= 0.6 is 0 Å². The lowest BCUT2D eigenvalue weighted by atomic mass is 10.1. The van der Waals surface area contributed by atoms with Gasteiger partial charge in [0.2, 0.25) is 11.8 Å². The van der Waals surface area contributed by atoms with Gasteiger partial charge < -0.3 is 10.4 Å². The monoisotopic (exact) mass is 375 g/mol. The Hall–Kier alpha value is -2.25. The van der Waals surface area contributed by atoms with E-state index in [0.29, 0.717) is 50.9 Å². The number of rotatable bonds is 11. The van der Waals surface area contributed by atoms with Gasteiger partial charge in [-0.1, -0.05) is 19.1 Å². The first-order valence-electron chi connectivity index (χ1n) is 9.63. The van der Waals surface area contributed by atoms with Gasteiger partial charge in [0.1, 0.15) is 6.23 Å². The topological polar surface area (TPSA) is 98.7 Å². The van der Waals surface area contributed by atoms with Gasteiger partial charge in [-0.15, -0.1) is 0 Å². The zero-order chi connectivity index (χ0) is 19.6. The molecule has 3 amide bonds. The van der Waals surface area contributed by atoms with E-state index >= 15 is 0 Å². The maximum absolute atomic E-state index is 12.1. The number of amides is 3. The molecule has 3 N–H and O–H groups in total. The van der Waals surface area contributed by atoms with Crippen LogP contribution in [0.4, 0.5) is 0 Å². The van der Waals surface area contributed by atoms with Gasteiger partial charge in [0.25, 0.3) is 5.91 Å². The van der Waals surface area contributed by atoms with E-state index in [9.17, 15) is 19.5 Å². The summed E-state index contributed by atoms with van der Waals surface area (Å²) in [5.41, 5.74) is 1.62. The maximum Gasteiger partial charge on any atom is 0.260 e. The van der Waals surface area contributed by atoms with E-state index in [-0.39, 0.29) is 17.7 Å². The van der Waals surface area contributed by atoms with Crippen molar-refractivity contribution >= 4 is 17.7 Å². The minimum absolute atomic E-state index is 0.00106. The standard InChI is InChI=1S/C20H29N3O4/c1-2-21-17(24)6-3-7-18(25)22-13-4-5-15-8-10-16(11-9-15)20(27)23-14-12-19(23)26/h8-11,17,21,24H,2-7,12-14H2,1H3,(H,22,25)/t17-/m1/s1. The summed E-state index contributed by atoms with van der Waals surface area (Å²) in [5.74, 6) is -0.348. The number of nitrogens with one attached hydrogen (secondary N) is 2. The van der Waals surface area contributed by atoms with Crippen LogP contribution in [-0.4, -0.2) is 53.6 Å². The molecule has 1 aliphatic heterocycles. The van der Waals surface area contributed by atoms with Gasteiger partial charge in [-0.05, 0) is 49.9 Å². The Bertz CT molecular complexity index is 645. The number of aryl methyl sites for hydroxylation is 1. The van der Waals surface area contributed by atoms with E-state index in [4.69, 9.17) is 0 Å². The third-order valence-electron chi connectivity index (χ3n) is 4.58. The Labute approximate surface area is 160 Å². The molecule has 1 atom stereocenters. The van der Waals surface area contributed by atoms with E-state index in [2.05, 4.69) is 10.6 Å². The second-order valence-corrected chi connectivity index (χ2v) is 6.72. The molecule has 0 unspecified atom stereocenters. The Morgan fingerprint density at radius 1 is 1.22 bits per heavy atom. The minimum atomic E-state index is -0.545. The van der Waals surface area contributed by atoms with Crippen LogP contribution in [0.1, 0.15) is 54.9 Å². The molecule has 0 bridgehead atoms. The molecule has 1 heterocycles. The lowest BCUT2D eigenvalue weighted by molar-refractivity contribution is -0.136. The molecule has 0 saturated carbocycles. The van der Waals surface area contributed by atoms with Gasteiger partial charge in [0.05, 0.1) is 0 Å². The maximum atomic E-state index is 12.1. The van der Waals surface area contributed by atoms with Gasteiger partial charge in [0, 0.05) is 31.5 Å². The first-order valence-corrected chi connectivity index (χ1v) is 9.63. The normalized spacial score (nSPS) is 14.6. The Balaban J connectivity index is 1.60. The number of likely N-dealkylation sites (tertiary alicyclic amines) is 1. The molecule has 0 radical (unpaired) electrons. The van der Waals surface area contributed by atoms with Crippen LogP contribution in [0.5, 0.6) is 0 Å². The molecular formula is C20H29N3O4. The van der Waals surface area contributed by atoms with Crippen molar-refractivity contribution < 1.29 is 19.5 Å². The smallest absolute Gasteiger partial charge is 0.260 e. The van der Waals surface area contributed by atoms with Crippen LogP contribution in [0, 0.1) is 0 Å². The third-order valence-corrected chi connectivity index (χ3v) is 4.58. The fourth-order valence-corrected chi connectivity index (χ4v) is 2.90. The summed E-state index contributed by atoms with van der Waals surface area (Å²) >= 11 is 0. The van der Waals surface area contributed by atoms with Crippen molar-refractivity contribution in [3.63, 3.8) is 0 Å². The molecule has 0 spiro atoms. The number of hydrogen-bond acceptors (Lipinski definition) is 5. The molecule has 2 rings (SSSR count). The molecule has 27 heavy (non-hydrogen) atoms. The van der Waals surface area contributed by atoms with Gasteiger partial charge in [0.15, 0.2) is 0 Å². The fourth-order valence-electron chi connectivity index (χ4n) is 2.90. The van der Waals surface area contributed by atoms with E-state index in [1.165, 1.54) is 4.90 Å². The van der Waals surface area contributed by atoms with Crippen molar-refractivity contribution in [1.82, 2.24) is 15.5 Å². The number of aliphatic hydroxyl groups is 1. The lowest BCUT2D eigenvalue weighted by Gasteiger charge is -2.28. The van der Waals surface area contributed by atoms with Crippen LogP contribution < -0.4 is 10.6 Å². The number of benzene rings is 1. The van der Waals surface area contributed by atoms with E-state index < -0.39 is 6.23 Å². The molecule has 7 nitrogen and oxygen atoms in total. The highest BCUT2D eigenvalue weighted by Crippen LogP contribution is 2.15. The average Bonchev–Trinajstić information content (AvgIpc) is 2.64. The zero-order valence-electron chi connectivity index (χ0n) is 15.9. The Morgan fingerprint density at radius 2 is 1.96 bits per heavy atom. The van der Waals surface area contributed by atoms with E-state index in [1.807, 2.05) is 19.1 Å². The van der Waals surface area contributed by atoms with Gasteiger partial charge in [-0.3, -0.25) is 24.6 Å². The number of β-lactam (4-membered cyclic amide) rings is 1. The van der Waals surface area contributed by atoms with Crippen LogP contribution in [0.3, 0.4) is 0 Å². The zero-order valence-corrected chi connectivity index (χ0v) is 15.9. The van der Waals surface area contributed by atoms with Crippen molar-refractivity contribution in [2.24, 2.45) is 0 Å². The van der Waals surface area contributed by atoms with Crippen LogP contribution in [0.25, 0.3) is 0 Å². The highest BCUT2D eigenvalue weighted by atomic mass is 16.3. The molecule has 0 aromatic heterocycles. The number of imide groups is 1. The molecule has 1 fully saturated rings. The molecule has 1 aliphatic rings. The fraction of sp³-hybridized carbons (Fsp3) is 0.550. The number of hydrogen-bond donors (Lipinski definition) is 3. The molecule has 1 saturated heterocycles. The average molecular weight is 375 g/mol. The van der Waals surface area contributed by atoms with Crippen molar-refractivity contribution in [2.45, 2.75) is 51.7 Å². The first-order chi connectivity index (χ1) is 13.0. The van der Waals surface area contributed by atoms with Gasteiger partial charge >= 0.3 is 0 Å². The SMILES string of the molecule is CCN[C@H](O)CCCC(=O)NCCCc1ccc(C(=O)N2CCC2=O)cc1. The van der Waals surface area contributed by atoms with Crippen molar-refractivity contribution in [3.8, 4) is 0 Å². The summed E-state index contributed by atoms with van der Waals surface area (Å²) in [6, 6.07) is 7.28. The van der Waals surface area contributed by atoms with Crippen molar-refractivity contribution in [1.29, 1.82) is 0 Å². The summed E-state index contributed by atoms with van der Waals surface area (Å²) < 4.78 is 0. The van der Waals surface area contributed by atoms with Crippen LogP contribution in [-0.2, 0) is 16.0 Å². The largest absolute Gasteiger partial charge is 0.379 e. The van der Waals surface area contributed by atoms with Crippen molar-refractivity contribution in [2.75, 3.05) is 19.6 Å².